The number of nitrogens with zero attached hydrogens (tertiary/aromatic N) is 1. The van der Waals surface area contributed by atoms with Crippen LogP contribution in [0.15, 0.2) is 22.7 Å². The lowest BCUT2D eigenvalue weighted by Crippen LogP contribution is -2.22. The van der Waals surface area contributed by atoms with Crippen LogP contribution in [0.2, 0.25) is 0 Å². The Morgan fingerprint density at radius 3 is 2.57 bits per heavy atom. The van der Waals surface area contributed by atoms with Crippen molar-refractivity contribution in [1.82, 2.24) is 4.90 Å². The predicted octanol–water partition coefficient (Wildman–Crippen LogP) is 4.25. The van der Waals surface area contributed by atoms with Crippen LogP contribution < -0.4 is 10.1 Å². The third-order valence-electron chi connectivity index (χ3n) is 3.34. The smallest absolute Gasteiger partial charge is 0.405 e. The molecule has 0 spiro atoms. The van der Waals surface area contributed by atoms with Crippen molar-refractivity contribution in [3.8, 4) is 5.75 Å². The van der Waals surface area contributed by atoms with Gasteiger partial charge in [-0.3, -0.25) is 0 Å². The Labute approximate surface area is 130 Å². The van der Waals surface area contributed by atoms with E-state index in [9.17, 15) is 13.2 Å². The fourth-order valence-electron chi connectivity index (χ4n) is 2.36. The first kappa shape index (κ1) is 16.4. The van der Waals surface area contributed by atoms with Crippen LogP contribution in [0.4, 0.5) is 18.9 Å². The molecule has 1 aromatic carbocycles. The maximum Gasteiger partial charge on any atom is 0.573 e. The number of nitrogens with one attached hydrogen (secondary N) is 1. The van der Waals surface area contributed by atoms with Crippen molar-refractivity contribution in [3.05, 3.63) is 22.7 Å². The molecule has 1 aliphatic heterocycles. The number of likely N-dealkylation sites (tertiary alicyclic amines) is 1. The summed E-state index contributed by atoms with van der Waals surface area (Å²) in [5, 5.41) is 3.21. The second-order valence-corrected chi connectivity index (χ2v) is 5.88. The molecular formula is C14H18BrF3N2O. The lowest BCUT2D eigenvalue weighted by molar-refractivity contribution is -0.274. The number of halogens is 4. The topological polar surface area (TPSA) is 24.5 Å². The van der Waals surface area contributed by atoms with E-state index in [-0.39, 0.29) is 10.2 Å². The Hall–Kier alpha value is -0.950. The van der Waals surface area contributed by atoms with E-state index in [2.05, 4.69) is 30.9 Å². The predicted molar refractivity (Wildman–Crippen MR) is 79.6 cm³/mol. The highest BCUT2D eigenvalue weighted by Crippen LogP contribution is 2.32. The number of hydrogen-bond acceptors (Lipinski definition) is 3. The van der Waals surface area contributed by atoms with Crippen molar-refractivity contribution in [2.45, 2.75) is 25.6 Å². The van der Waals surface area contributed by atoms with Gasteiger partial charge in [-0.2, -0.15) is 0 Å². The van der Waals surface area contributed by atoms with Gasteiger partial charge in [-0.1, -0.05) is 0 Å². The molecule has 0 aromatic heterocycles. The summed E-state index contributed by atoms with van der Waals surface area (Å²) in [6.45, 7) is 4.20. The van der Waals surface area contributed by atoms with Crippen molar-refractivity contribution < 1.29 is 17.9 Å². The number of anilines is 1. The second-order valence-electron chi connectivity index (χ2n) is 5.02. The van der Waals surface area contributed by atoms with Gasteiger partial charge in [-0.25, -0.2) is 0 Å². The SMILES string of the molecule is FC(F)(F)Oc1ccc(NCCCN2CCCC2)cc1Br. The van der Waals surface area contributed by atoms with Crippen LogP contribution in [0.1, 0.15) is 19.3 Å². The fourth-order valence-corrected chi connectivity index (χ4v) is 2.82. The fraction of sp³-hybridized carbons (Fsp3) is 0.571. The molecule has 2 rings (SSSR count). The molecule has 1 fully saturated rings. The number of rotatable bonds is 6. The zero-order valence-corrected chi connectivity index (χ0v) is 13.1. The summed E-state index contributed by atoms with van der Waals surface area (Å²) < 4.78 is 40.6. The van der Waals surface area contributed by atoms with Crippen LogP contribution in [0, 0.1) is 0 Å². The van der Waals surface area contributed by atoms with E-state index in [4.69, 9.17) is 0 Å². The molecule has 0 aliphatic carbocycles. The summed E-state index contributed by atoms with van der Waals surface area (Å²) in [6, 6.07) is 4.49. The minimum Gasteiger partial charge on any atom is -0.405 e. The molecule has 3 nitrogen and oxygen atoms in total. The van der Waals surface area contributed by atoms with Gasteiger partial charge in [0.05, 0.1) is 4.47 Å². The molecule has 1 aliphatic rings. The van der Waals surface area contributed by atoms with Crippen molar-refractivity contribution in [2.24, 2.45) is 0 Å². The minimum atomic E-state index is -4.67. The van der Waals surface area contributed by atoms with E-state index in [0.717, 1.165) is 25.2 Å². The lowest BCUT2D eigenvalue weighted by atomic mass is 10.3. The van der Waals surface area contributed by atoms with Gasteiger partial charge in [0.25, 0.3) is 0 Å². The second kappa shape index (κ2) is 7.35. The molecule has 0 bridgehead atoms. The van der Waals surface area contributed by atoms with Crippen LogP contribution in [0.25, 0.3) is 0 Å². The van der Waals surface area contributed by atoms with E-state index < -0.39 is 6.36 Å². The average Bonchev–Trinajstić information content (AvgIpc) is 2.89. The zero-order chi connectivity index (χ0) is 15.3. The van der Waals surface area contributed by atoms with Crippen LogP contribution in [-0.4, -0.2) is 37.4 Å². The number of hydrogen-bond donors (Lipinski definition) is 1. The summed E-state index contributed by atoms with van der Waals surface area (Å²) in [6.07, 6.45) is -1.10. The first-order chi connectivity index (χ1) is 9.94. The Morgan fingerprint density at radius 1 is 1.24 bits per heavy atom. The molecule has 0 saturated carbocycles. The van der Waals surface area contributed by atoms with Gasteiger partial charge in [0.2, 0.25) is 0 Å². The van der Waals surface area contributed by atoms with Gasteiger partial charge in [-0.05, 0) is 73.0 Å². The highest BCUT2D eigenvalue weighted by molar-refractivity contribution is 9.10. The zero-order valence-electron chi connectivity index (χ0n) is 11.5. The van der Waals surface area contributed by atoms with Crippen LogP contribution in [-0.2, 0) is 0 Å². The molecule has 1 heterocycles. The molecule has 7 heteroatoms. The molecule has 0 radical (unpaired) electrons. The normalized spacial score (nSPS) is 16.2. The maximum absolute atomic E-state index is 12.2. The van der Waals surface area contributed by atoms with Gasteiger partial charge < -0.3 is 15.0 Å². The molecular weight excluding hydrogens is 349 g/mol. The molecule has 0 unspecified atom stereocenters. The largest absolute Gasteiger partial charge is 0.573 e. The number of alkyl halides is 3. The molecule has 118 valence electrons. The Kier molecular flexibility index (Phi) is 5.75. The first-order valence-electron chi connectivity index (χ1n) is 6.95. The van der Waals surface area contributed by atoms with Crippen molar-refractivity contribution in [2.75, 3.05) is 31.5 Å². The van der Waals surface area contributed by atoms with Crippen LogP contribution >= 0.6 is 15.9 Å². The Balaban J connectivity index is 1.77. The summed E-state index contributed by atoms with van der Waals surface area (Å²) in [4.78, 5) is 2.43. The van der Waals surface area contributed by atoms with Crippen molar-refractivity contribution >= 4 is 21.6 Å². The molecule has 1 aromatic rings. The van der Waals surface area contributed by atoms with Crippen molar-refractivity contribution in [1.29, 1.82) is 0 Å². The highest BCUT2D eigenvalue weighted by Gasteiger charge is 2.31. The van der Waals surface area contributed by atoms with Gasteiger partial charge >= 0.3 is 6.36 Å². The highest BCUT2D eigenvalue weighted by atomic mass is 79.9. The Morgan fingerprint density at radius 2 is 1.95 bits per heavy atom. The summed E-state index contributed by atoms with van der Waals surface area (Å²) in [5.74, 6) is -0.231. The number of ether oxygens (including phenoxy) is 1. The number of benzene rings is 1. The van der Waals surface area contributed by atoms with E-state index in [1.807, 2.05) is 0 Å². The maximum atomic E-state index is 12.2. The van der Waals surface area contributed by atoms with E-state index in [1.165, 1.54) is 32.0 Å². The van der Waals surface area contributed by atoms with E-state index in [1.54, 1.807) is 12.1 Å². The third-order valence-corrected chi connectivity index (χ3v) is 3.96. The van der Waals surface area contributed by atoms with E-state index >= 15 is 0 Å². The minimum absolute atomic E-state index is 0.231. The quantitative estimate of drug-likeness (QED) is 0.761. The molecule has 1 N–H and O–H groups in total. The van der Waals surface area contributed by atoms with Crippen LogP contribution in [0.3, 0.4) is 0 Å². The van der Waals surface area contributed by atoms with Crippen molar-refractivity contribution in [3.63, 3.8) is 0 Å². The molecule has 0 atom stereocenters. The summed E-state index contributed by atoms with van der Waals surface area (Å²) in [7, 11) is 0. The lowest BCUT2D eigenvalue weighted by Gasteiger charge is -2.15. The van der Waals surface area contributed by atoms with Gasteiger partial charge in [-0.15, -0.1) is 13.2 Å². The first-order valence-corrected chi connectivity index (χ1v) is 7.75. The molecule has 1 saturated heterocycles. The third kappa shape index (κ3) is 5.74. The average molecular weight is 367 g/mol. The summed E-state index contributed by atoms with van der Waals surface area (Å²) >= 11 is 3.09. The standard InChI is InChI=1S/C14H18BrF3N2O/c15-12-10-11(4-5-13(12)21-14(16,17)18)19-6-3-9-20-7-1-2-8-20/h4-5,10,19H,1-3,6-9H2. The van der Waals surface area contributed by atoms with Gasteiger partial charge in [0, 0.05) is 12.2 Å². The van der Waals surface area contributed by atoms with Crippen LogP contribution in [0.5, 0.6) is 5.75 Å². The van der Waals surface area contributed by atoms with Gasteiger partial charge in [0.1, 0.15) is 5.75 Å². The summed E-state index contributed by atoms with van der Waals surface area (Å²) in [5.41, 5.74) is 0.776. The monoisotopic (exact) mass is 366 g/mol. The molecule has 0 amide bonds. The van der Waals surface area contributed by atoms with E-state index in [0.29, 0.717) is 0 Å². The molecule has 21 heavy (non-hydrogen) atoms. The Bertz CT molecular complexity index is 462. The van der Waals surface area contributed by atoms with Gasteiger partial charge in [0.15, 0.2) is 0 Å².